The van der Waals surface area contributed by atoms with Crippen LogP contribution in [-0.4, -0.2) is 26.8 Å². The van der Waals surface area contributed by atoms with E-state index in [2.05, 4.69) is 25.6 Å². The molecule has 2 aromatic heterocycles. The lowest BCUT2D eigenvalue weighted by Gasteiger charge is -2.09. The Kier molecular flexibility index (Phi) is 6.38. The van der Waals surface area contributed by atoms with E-state index in [1.807, 2.05) is 0 Å². The minimum atomic E-state index is -0.967. The van der Waals surface area contributed by atoms with Gasteiger partial charge in [0.25, 0.3) is 5.91 Å². The predicted octanol–water partition coefficient (Wildman–Crippen LogP) is 5.41. The van der Waals surface area contributed by atoms with Crippen molar-refractivity contribution >= 4 is 45.6 Å². The lowest BCUT2D eigenvalue weighted by Crippen LogP contribution is -2.15. The fourth-order valence-electron chi connectivity index (χ4n) is 3.01. The van der Waals surface area contributed by atoms with Crippen molar-refractivity contribution in [2.45, 2.75) is 6.92 Å². The monoisotopic (exact) mass is 485 g/mol. The molecule has 7 nitrogen and oxygen atoms in total. The highest BCUT2D eigenvalue weighted by Gasteiger charge is 2.20. The van der Waals surface area contributed by atoms with E-state index in [1.54, 1.807) is 30.3 Å². The van der Waals surface area contributed by atoms with E-state index in [1.165, 1.54) is 30.5 Å². The summed E-state index contributed by atoms with van der Waals surface area (Å²) in [6, 6.07) is 11.4. The van der Waals surface area contributed by atoms with Crippen LogP contribution in [0.4, 0.5) is 19.6 Å². The Balaban J connectivity index is 1.72. The molecule has 11 heteroatoms. The molecule has 2 amide bonds. The van der Waals surface area contributed by atoms with Gasteiger partial charge in [-0.2, -0.15) is 0 Å². The second kappa shape index (κ2) is 9.39. The molecule has 0 aliphatic carbocycles. The molecule has 0 saturated carbocycles. The first-order valence-corrected chi connectivity index (χ1v) is 10.6. The van der Waals surface area contributed by atoms with E-state index in [9.17, 15) is 18.4 Å². The maximum atomic E-state index is 14.0. The van der Waals surface area contributed by atoms with Crippen molar-refractivity contribution in [3.63, 3.8) is 0 Å². The molecule has 33 heavy (non-hydrogen) atoms. The molecule has 2 heterocycles. The zero-order valence-corrected chi connectivity index (χ0v) is 18.5. The van der Waals surface area contributed by atoms with Gasteiger partial charge in [0.05, 0.1) is 16.3 Å². The molecular formula is C22H14ClF2N5O2S. The predicted molar refractivity (Wildman–Crippen MR) is 122 cm³/mol. The first kappa shape index (κ1) is 22.4. The van der Waals surface area contributed by atoms with E-state index in [0.717, 1.165) is 12.1 Å². The number of carbonyl (C=O) groups is 2. The van der Waals surface area contributed by atoms with Gasteiger partial charge in [0, 0.05) is 24.4 Å². The summed E-state index contributed by atoms with van der Waals surface area (Å²) in [4.78, 5) is 37.2. The molecule has 0 unspecified atom stereocenters. The van der Waals surface area contributed by atoms with E-state index in [4.69, 9.17) is 11.6 Å². The van der Waals surface area contributed by atoms with Crippen LogP contribution in [0.15, 0.2) is 54.7 Å². The summed E-state index contributed by atoms with van der Waals surface area (Å²) in [5.74, 6) is -3.16. The van der Waals surface area contributed by atoms with Gasteiger partial charge in [-0.3, -0.25) is 9.59 Å². The number of hydrogen-bond donors (Lipinski definition) is 2. The zero-order chi connectivity index (χ0) is 23.5. The minimum absolute atomic E-state index is 0.0425. The summed E-state index contributed by atoms with van der Waals surface area (Å²) in [6.45, 7) is 1.36. The van der Waals surface area contributed by atoms with Crippen LogP contribution in [0.1, 0.15) is 17.3 Å². The molecule has 166 valence electrons. The summed E-state index contributed by atoms with van der Waals surface area (Å²) in [6.07, 6.45) is 1.49. The van der Waals surface area contributed by atoms with Gasteiger partial charge in [0.1, 0.15) is 17.2 Å². The van der Waals surface area contributed by atoms with Crippen molar-refractivity contribution in [1.29, 1.82) is 0 Å². The van der Waals surface area contributed by atoms with Crippen molar-refractivity contribution in [3.8, 4) is 21.8 Å². The first-order valence-electron chi connectivity index (χ1n) is 9.45. The maximum Gasteiger partial charge on any atom is 0.261 e. The van der Waals surface area contributed by atoms with E-state index >= 15 is 0 Å². The Hall–Kier alpha value is -3.76. The molecule has 0 aliphatic heterocycles. The van der Waals surface area contributed by atoms with Gasteiger partial charge < -0.3 is 10.6 Å². The second-order valence-electron chi connectivity index (χ2n) is 6.72. The number of anilines is 2. The van der Waals surface area contributed by atoms with Crippen molar-refractivity contribution in [2.75, 3.05) is 10.6 Å². The molecule has 0 radical (unpaired) electrons. The van der Waals surface area contributed by atoms with Crippen LogP contribution in [0.5, 0.6) is 0 Å². The summed E-state index contributed by atoms with van der Waals surface area (Å²) < 4.78 is 27.9. The lowest BCUT2D eigenvalue weighted by molar-refractivity contribution is -0.114. The van der Waals surface area contributed by atoms with Crippen LogP contribution in [0, 0.1) is 11.6 Å². The van der Waals surface area contributed by atoms with E-state index in [-0.39, 0.29) is 11.2 Å². The topological polar surface area (TPSA) is 96.9 Å². The largest absolute Gasteiger partial charge is 0.322 e. The van der Waals surface area contributed by atoms with Crippen molar-refractivity contribution in [3.05, 3.63) is 77.2 Å². The third-order valence-corrected chi connectivity index (χ3v) is 5.53. The van der Waals surface area contributed by atoms with Crippen LogP contribution in [0.3, 0.4) is 0 Å². The smallest absolute Gasteiger partial charge is 0.261 e. The Morgan fingerprint density at radius 2 is 1.73 bits per heavy atom. The summed E-state index contributed by atoms with van der Waals surface area (Å²) >= 11 is 7.12. The standard InChI is InChI=1S/C22H14ClF2N5O2S/c1-11(31)27-22-30-18(19(33-22)16-8-9-26-21(23)29-16)12-4-2-5-13(10-12)28-20(32)17-14(24)6-3-7-15(17)25/h2-10H,1H3,(H,28,32)(H,27,30,31). The summed E-state index contributed by atoms with van der Waals surface area (Å²) in [5.41, 5.74) is 1.13. The molecule has 2 aromatic carbocycles. The van der Waals surface area contributed by atoms with Crippen LogP contribution < -0.4 is 10.6 Å². The Morgan fingerprint density at radius 1 is 1.00 bits per heavy atom. The third kappa shape index (κ3) is 5.02. The quantitative estimate of drug-likeness (QED) is 0.368. The average Bonchev–Trinajstić information content (AvgIpc) is 3.17. The molecule has 0 saturated heterocycles. The molecule has 0 fully saturated rings. The highest BCUT2D eigenvalue weighted by Crippen LogP contribution is 2.39. The number of hydrogen-bond acceptors (Lipinski definition) is 6. The molecule has 4 rings (SSSR count). The highest BCUT2D eigenvalue weighted by atomic mass is 35.5. The van der Waals surface area contributed by atoms with Crippen molar-refractivity contribution < 1.29 is 18.4 Å². The number of benzene rings is 2. The SMILES string of the molecule is CC(=O)Nc1nc(-c2cccc(NC(=O)c3c(F)cccc3F)c2)c(-c2ccnc(Cl)n2)s1. The van der Waals surface area contributed by atoms with Crippen molar-refractivity contribution in [2.24, 2.45) is 0 Å². The fourth-order valence-corrected chi connectivity index (χ4v) is 4.16. The van der Waals surface area contributed by atoms with Gasteiger partial charge in [0.2, 0.25) is 11.2 Å². The molecule has 2 N–H and O–H groups in total. The van der Waals surface area contributed by atoms with Crippen molar-refractivity contribution in [1.82, 2.24) is 15.0 Å². The number of halogens is 3. The number of aromatic nitrogens is 3. The van der Waals surface area contributed by atoms with Gasteiger partial charge in [-0.1, -0.05) is 29.5 Å². The first-order chi connectivity index (χ1) is 15.8. The molecule has 0 spiro atoms. The van der Waals surface area contributed by atoms with Gasteiger partial charge in [0.15, 0.2) is 5.13 Å². The van der Waals surface area contributed by atoms with E-state index in [0.29, 0.717) is 32.6 Å². The third-order valence-electron chi connectivity index (χ3n) is 4.35. The average molecular weight is 486 g/mol. The van der Waals surface area contributed by atoms with Gasteiger partial charge in [-0.15, -0.1) is 0 Å². The van der Waals surface area contributed by atoms with Gasteiger partial charge >= 0.3 is 0 Å². The number of rotatable bonds is 5. The number of carbonyl (C=O) groups excluding carboxylic acids is 2. The maximum absolute atomic E-state index is 14.0. The zero-order valence-electron chi connectivity index (χ0n) is 16.9. The highest BCUT2D eigenvalue weighted by molar-refractivity contribution is 7.19. The van der Waals surface area contributed by atoms with Crippen LogP contribution in [-0.2, 0) is 4.79 Å². The van der Waals surface area contributed by atoms with Crippen LogP contribution in [0.2, 0.25) is 5.28 Å². The van der Waals surface area contributed by atoms with Crippen LogP contribution in [0.25, 0.3) is 21.8 Å². The normalized spacial score (nSPS) is 10.7. The Bertz CT molecular complexity index is 1360. The summed E-state index contributed by atoms with van der Waals surface area (Å²) in [7, 11) is 0. The minimum Gasteiger partial charge on any atom is -0.322 e. The van der Waals surface area contributed by atoms with Crippen LogP contribution >= 0.6 is 22.9 Å². The molecule has 4 aromatic rings. The summed E-state index contributed by atoms with van der Waals surface area (Å²) in [5, 5.41) is 5.52. The second-order valence-corrected chi connectivity index (χ2v) is 8.06. The molecular weight excluding hydrogens is 472 g/mol. The molecule has 0 aliphatic rings. The molecule has 0 bridgehead atoms. The van der Waals surface area contributed by atoms with E-state index < -0.39 is 23.1 Å². The lowest BCUT2D eigenvalue weighted by atomic mass is 10.1. The fraction of sp³-hybridized carbons (Fsp3) is 0.0455. The number of nitrogens with one attached hydrogen (secondary N) is 2. The molecule has 0 atom stereocenters. The Morgan fingerprint density at radius 3 is 2.42 bits per heavy atom. The van der Waals surface area contributed by atoms with Gasteiger partial charge in [-0.25, -0.2) is 23.7 Å². The number of amides is 2. The van der Waals surface area contributed by atoms with Gasteiger partial charge in [-0.05, 0) is 41.9 Å². The Labute approximate surface area is 195 Å². The number of nitrogens with zero attached hydrogens (tertiary/aromatic N) is 3. The number of thiazole rings is 1.